The number of carbonyl (C=O) groups excluding carboxylic acids is 2. The van der Waals surface area contributed by atoms with Crippen LogP contribution < -0.4 is 15.0 Å². The van der Waals surface area contributed by atoms with Crippen molar-refractivity contribution in [3.8, 4) is 5.75 Å². The highest BCUT2D eigenvalue weighted by Gasteiger charge is 2.26. The maximum absolute atomic E-state index is 13.6. The van der Waals surface area contributed by atoms with Crippen LogP contribution in [0.4, 0.5) is 11.4 Å². The number of anilines is 2. The van der Waals surface area contributed by atoms with Gasteiger partial charge in [-0.15, -0.1) is 0 Å². The predicted molar refractivity (Wildman–Crippen MR) is 169 cm³/mol. The molecule has 2 amide bonds. The van der Waals surface area contributed by atoms with Crippen LogP contribution in [-0.4, -0.2) is 45.2 Å². The van der Waals surface area contributed by atoms with Crippen LogP contribution >= 0.6 is 0 Å². The van der Waals surface area contributed by atoms with E-state index in [1.165, 1.54) is 25.1 Å². The van der Waals surface area contributed by atoms with Gasteiger partial charge in [0.15, 0.2) is 0 Å². The topological polar surface area (TPSA) is 96.0 Å². The van der Waals surface area contributed by atoms with Crippen molar-refractivity contribution in [2.24, 2.45) is 0 Å². The summed E-state index contributed by atoms with van der Waals surface area (Å²) in [5.41, 5.74) is 4.10. The molecule has 0 heterocycles. The number of amides is 2. The predicted octanol–water partition coefficient (Wildman–Crippen LogP) is 6.20. The number of hydrogen-bond acceptors (Lipinski definition) is 5. The van der Waals surface area contributed by atoms with E-state index in [9.17, 15) is 18.0 Å². The molecular formula is C33H43N3O5S. The zero-order valence-electron chi connectivity index (χ0n) is 25.9. The second-order valence-electron chi connectivity index (χ2n) is 11.7. The van der Waals surface area contributed by atoms with E-state index in [2.05, 4.69) is 5.32 Å². The molecule has 0 spiro atoms. The number of carbonyl (C=O) groups is 2. The molecule has 8 nitrogen and oxygen atoms in total. The van der Waals surface area contributed by atoms with Crippen LogP contribution in [0.2, 0.25) is 0 Å². The third-order valence-corrected chi connectivity index (χ3v) is 8.82. The average Bonchev–Trinajstić information content (AvgIpc) is 2.92. The van der Waals surface area contributed by atoms with E-state index in [4.69, 9.17) is 4.74 Å². The first kappa shape index (κ1) is 32.8. The molecule has 3 rings (SSSR count). The first-order valence-corrected chi connectivity index (χ1v) is 15.5. The summed E-state index contributed by atoms with van der Waals surface area (Å²) in [7, 11) is -0.796. The lowest BCUT2D eigenvalue weighted by Gasteiger charge is -2.27. The third kappa shape index (κ3) is 7.77. The summed E-state index contributed by atoms with van der Waals surface area (Å²) in [5, 5.41) is 2.91. The molecule has 3 aromatic rings. The number of rotatable bonds is 11. The first-order valence-electron chi connectivity index (χ1n) is 14.1. The summed E-state index contributed by atoms with van der Waals surface area (Å²) in [6, 6.07) is 18.3. The zero-order valence-corrected chi connectivity index (χ0v) is 26.8. The Kier molecular flexibility index (Phi) is 10.6. The lowest BCUT2D eigenvalue weighted by Crippen LogP contribution is -2.38. The summed E-state index contributed by atoms with van der Waals surface area (Å²) in [6.07, 6.45) is 0.891. The van der Waals surface area contributed by atoms with Crippen molar-refractivity contribution in [3.05, 3.63) is 82.9 Å². The van der Waals surface area contributed by atoms with Crippen LogP contribution in [0.25, 0.3) is 0 Å². The van der Waals surface area contributed by atoms with Gasteiger partial charge in [0.05, 0.1) is 10.6 Å². The van der Waals surface area contributed by atoms with Gasteiger partial charge in [0.25, 0.3) is 0 Å². The van der Waals surface area contributed by atoms with E-state index in [1.54, 1.807) is 12.1 Å². The van der Waals surface area contributed by atoms with Crippen LogP contribution in [0.1, 0.15) is 62.8 Å². The van der Waals surface area contributed by atoms with E-state index in [-0.39, 0.29) is 29.2 Å². The third-order valence-electron chi connectivity index (χ3n) is 7.01. The van der Waals surface area contributed by atoms with Gasteiger partial charge >= 0.3 is 0 Å². The fourth-order valence-electron chi connectivity index (χ4n) is 4.70. The summed E-state index contributed by atoms with van der Waals surface area (Å²) in [5.74, 6) is 0.0485. The van der Waals surface area contributed by atoms with Gasteiger partial charge in [-0.25, -0.2) is 12.7 Å². The lowest BCUT2D eigenvalue weighted by molar-refractivity contribution is -0.121. The molecule has 0 saturated heterocycles. The molecule has 0 bridgehead atoms. The van der Waals surface area contributed by atoms with Gasteiger partial charge in [-0.3, -0.25) is 9.59 Å². The Morgan fingerprint density at radius 3 is 2.21 bits per heavy atom. The molecule has 0 aliphatic heterocycles. The highest BCUT2D eigenvalue weighted by atomic mass is 32.2. The molecular weight excluding hydrogens is 550 g/mol. The van der Waals surface area contributed by atoms with E-state index in [0.717, 1.165) is 26.6 Å². The first-order chi connectivity index (χ1) is 19.7. The van der Waals surface area contributed by atoms with E-state index < -0.39 is 15.9 Å². The minimum absolute atomic E-state index is 0.0734. The number of hydrogen-bond donors (Lipinski definition) is 1. The van der Waals surface area contributed by atoms with Crippen LogP contribution in [0, 0.1) is 13.8 Å². The number of benzene rings is 3. The standard InChI is InChI=1S/C33H43N3O5S/c1-9-13-31(38)36(29-19-16-23(2)32(24(29)3)41-22-25-14-11-10-12-15-25)21-30(37)34-28-20-26(42(39,40)35(7)8)17-18-27(28)33(4,5)6/h10-12,14-20H,9,13,21-22H2,1-8H3,(H,34,37). The number of ether oxygens (including phenoxy) is 1. The Balaban J connectivity index is 1.97. The van der Waals surface area contributed by atoms with Crippen LogP contribution in [0.5, 0.6) is 5.75 Å². The monoisotopic (exact) mass is 593 g/mol. The van der Waals surface area contributed by atoms with Gasteiger partial charge < -0.3 is 15.0 Å². The molecule has 0 atom stereocenters. The van der Waals surface area contributed by atoms with Crippen molar-refractivity contribution in [2.45, 2.75) is 71.3 Å². The zero-order chi connectivity index (χ0) is 31.2. The molecule has 0 aliphatic carbocycles. The van der Waals surface area contributed by atoms with Gasteiger partial charge in [0.2, 0.25) is 21.8 Å². The van der Waals surface area contributed by atoms with Crippen molar-refractivity contribution in [3.63, 3.8) is 0 Å². The molecule has 226 valence electrons. The second-order valence-corrected chi connectivity index (χ2v) is 13.8. The highest BCUT2D eigenvalue weighted by Crippen LogP contribution is 2.34. The number of aryl methyl sites for hydroxylation is 1. The van der Waals surface area contributed by atoms with Gasteiger partial charge in [-0.05, 0) is 60.6 Å². The number of nitrogens with one attached hydrogen (secondary N) is 1. The van der Waals surface area contributed by atoms with E-state index in [1.807, 2.05) is 84.0 Å². The molecule has 0 unspecified atom stereocenters. The maximum Gasteiger partial charge on any atom is 0.244 e. The number of sulfonamides is 1. The number of nitrogens with zero attached hydrogens (tertiary/aromatic N) is 2. The van der Waals surface area contributed by atoms with Crippen LogP contribution in [-0.2, 0) is 31.6 Å². The minimum atomic E-state index is -3.72. The average molecular weight is 594 g/mol. The van der Waals surface area contributed by atoms with Crippen LogP contribution in [0.15, 0.2) is 65.6 Å². The molecule has 0 radical (unpaired) electrons. The molecule has 9 heteroatoms. The summed E-state index contributed by atoms with van der Waals surface area (Å²) in [4.78, 5) is 28.5. The Bertz CT molecular complexity index is 1530. The summed E-state index contributed by atoms with van der Waals surface area (Å²) in [6.45, 7) is 11.8. The van der Waals surface area contributed by atoms with Crippen molar-refractivity contribution in [2.75, 3.05) is 30.9 Å². The van der Waals surface area contributed by atoms with Gasteiger partial charge in [0, 0.05) is 31.8 Å². The fraction of sp³-hybridized carbons (Fsp3) is 0.394. The maximum atomic E-state index is 13.6. The summed E-state index contributed by atoms with van der Waals surface area (Å²) >= 11 is 0. The Labute approximate surface area is 250 Å². The van der Waals surface area contributed by atoms with E-state index in [0.29, 0.717) is 30.2 Å². The largest absolute Gasteiger partial charge is 0.488 e. The summed E-state index contributed by atoms with van der Waals surface area (Å²) < 4.78 is 33.0. The smallest absolute Gasteiger partial charge is 0.244 e. The molecule has 3 aromatic carbocycles. The normalized spacial score (nSPS) is 11.8. The molecule has 0 aliphatic rings. The second kappa shape index (κ2) is 13.5. The van der Waals surface area contributed by atoms with Gasteiger partial charge in [-0.1, -0.05) is 70.2 Å². The fourth-order valence-corrected chi connectivity index (χ4v) is 5.63. The van der Waals surface area contributed by atoms with Crippen LogP contribution in [0.3, 0.4) is 0 Å². The van der Waals surface area contributed by atoms with Crippen molar-refractivity contribution < 1.29 is 22.7 Å². The Morgan fingerprint density at radius 1 is 0.952 bits per heavy atom. The van der Waals surface area contributed by atoms with Crippen molar-refractivity contribution in [1.82, 2.24) is 4.31 Å². The molecule has 0 saturated carbocycles. The molecule has 0 fully saturated rings. The SMILES string of the molecule is CCCC(=O)N(CC(=O)Nc1cc(S(=O)(=O)N(C)C)ccc1C(C)(C)C)c1ccc(C)c(OCc2ccccc2)c1C. The van der Waals surface area contributed by atoms with Gasteiger partial charge in [-0.2, -0.15) is 0 Å². The molecule has 42 heavy (non-hydrogen) atoms. The van der Waals surface area contributed by atoms with Gasteiger partial charge in [0.1, 0.15) is 18.9 Å². The lowest BCUT2D eigenvalue weighted by atomic mass is 9.86. The van der Waals surface area contributed by atoms with Crippen molar-refractivity contribution >= 4 is 33.2 Å². The molecule has 1 N–H and O–H groups in total. The highest BCUT2D eigenvalue weighted by molar-refractivity contribution is 7.89. The Hall–Kier alpha value is -3.69. The Morgan fingerprint density at radius 2 is 1.62 bits per heavy atom. The quantitative estimate of drug-likeness (QED) is 0.286. The van der Waals surface area contributed by atoms with E-state index >= 15 is 0 Å². The minimum Gasteiger partial charge on any atom is -0.488 e. The van der Waals surface area contributed by atoms with Crippen molar-refractivity contribution in [1.29, 1.82) is 0 Å². The molecule has 0 aromatic heterocycles.